The molecule has 1 aliphatic heterocycles. The van der Waals surface area contributed by atoms with Crippen LogP contribution in [0.2, 0.25) is 0 Å². The summed E-state index contributed by atoms with van der Waals surface area (Å²) in [4.78, 5) is 39.2. The van der Waals surface area contributed by atoms with Gasteiger partial charge in [0, 0.05) is 11.6 Å². The van der Waals surface area contributed by atoms with E-state index in [1.807, 2.05) is 78.9 Å². The van der Waals surface area contributed by atoms with Crippen molar-refractivity contribution in [3.8, 4) is 12.3 Å². The van der Waals surface area contributed by atoms with Gasteiger partial charge in [-0.3, -0.25) is 9.69 Å². The first kappa shape index (κ1) is 29.2. The van der Waals surface area contributed by atoms with Crippen LogP contribution < -0.4 is 10.6 Å². The van der Waals surface area contributed by atoms with Crippen LogP contribution in [0.15, 0.2) is 84.9 Å². The zero-order valence-corrected chi connectivity index (χ0v) is 22.7. The number of amides is 3. The van der Waals surface area contributed by atoms with Gasteiger partial charge in [-0.05, 0) is 35.6 Å². The molecule has 0 aromatic heterocycles. The Bertz CT molecular complexity index is 1340. The van der Waals surface area contributed by atoms with Crippen LogP contribution in [-0.2, 0) is 20.7 Å². The highest BCUT2D eigenvalue weighted by Gasteiger charge is 2.34. The largest absolute Gasteiger partial charge is 0.465 e. The lowest BCUT2D eigenvalue weighted by atomic mass is 9.84. The van der Waals surface area contributed by atoms with Crippen molar-refractivity contribution in [2.45, 2.75) is 36.9 Å². The van der Waals surface area contributed by atoms with E-state index in [2.05, 4.69) is 16.6 Å². The number of hydrogen-bond acceptors (Lipinski definition) is 5. The van der Waals surface area contributed by atoms with Gasteiger partial charge in [0.25, 0.3) is 0 Å². The number of ether oxygens (including phenoxy) is 2. The van der Waals surface area contributed by atoms with E-state index >= 15 is 0 Å². The highest BCUT2D eigenvalue weighted by atomic mass is 16.5. The summed E-state index contributed by atoms with van der Waals surface area (Å²) in [7, 11) is 1.25. The fourth-order valence-electron chi connectivity index (χ4n) is 5.01. The van der Waals surface area contributed by atoms with E-state index in [9.17, 15) is 19.5 Å². The van der Waals surface area contributed by atoms with Crippen LogP contribution in [0.1, 0.15) is 29.0 Å². The van der Waals surface area contributed by atoms with Gasteiger partial charge in [0.1, 0.15) is 12.1 Å². The van der Waals surface area contributed by atoms with Crippen LogP contribution in [0.3, 0.4) is 0 Å². The van der Waals surface area contributed by atoms with Crippen LogP contribution >= 0.6 is 0 Å². The van der Waals surface area contributed by atoms with E-state index in [0.29, 0.717) is 18.5 Å². The van der Waals surface area contributed by atoms with Crippen molar-refractivity contribution in [3.63, 3.8) is 0 Å². The average Bonchev–Trinajstić information content (AvgIpc) is 3.01. The molecule has 3 atom stereocenters. The first-order valence-corrected chi connectivity index (χ1v) is 13.3. The summed E-state index contributed by atoms with van der Waals surface area (Å²) in [6.45, 7) is 0.298. The number of carboxylic acid groups (broad SMARTS) is 1. The fourth-order valence-corrected chi connectivity index (χ4v) is 5.01. The van der Waals surface area contributed by atoms with Crippen LogP contribution in [0, 0.1) is 12.3 Å². The molecule has 0 spiro atoms. The Hall–Kier alpha value is -4.81. The number of carbonyl (C=O) groups excluding carboxylic acids is 2. The monoisotopic (exact) mass is 555 g/mol. The molecule has 9 nitrogen and oxygen atoms in total. The van der Waals surface area contributed by atoms with Gasteiger partial charge < -0.3 is 25.2 Å². The van der Waals surface area contributed by atoms with Gasteiger partial charge >= 0.3 is 12.2 Å². The molecule has 0 aliphatic carbocycles. The number of aryl methyl sites for hydroxylation is 1. The van der Waals surface area contributed by atoms with E-state index in [-0.39, 0.29) is 19.3 Å². The van der Waals surface area contributed by atoms with E-state index < -0.39 is 36.1 Å². The normalized spacial score (nSPS) is 17.2. The molecule has 4 rings (SSSR count). The summed E-state index contributed by atoms with van der Waals surface area (Å²) in [5.74, 6) is 1.55. The van der Waals surface area contributed by atoms with Gasteiger partial charge in [0.15, 0.2) is 0 Å². The molecule has 3 N–H and O–H groups in total. The second-order valence-electron chi connectivity index (χ2n) is 9.67. The van der Waals surface area contributed by atoms with Gasteiger partial charge in [-0.2, -0.15) is 0 Å². The number of morpholine rings is 1. The lowest BCUT2D eigenvalue weighted by Crippen LogP contribution is -2.51. The maximum absolute atomic E-state index is 13.9. The molecule has 1 aliphatic rings. The molecule has 1 heterocycles. The third-order valence-electron chi connectivity index (χ3n) is 7.11. The fraction of sp³-hybridized carbons (Fsp3) is 0.281. The number of nitrogens with one attached hydrogen (secondary N) is 2. The second kappa shape index (κ2) is 14.0. The Labute approximate surface area is 239 Å². The maximum Gasteiger partial charge on any atom is 0.408 e. The number of hydrogen-bond donors (Lipinski definition) is 3. The molecular weight excluding hydrogens is 522 g/mol. The highest BCUT2D eigenvalue weighted by molar-refractivity contribution is 5.98. The van der Waals surface area contributed by atoms with Crippen LogP contribution in [0.4, 0.5) is 15.3 Å². The minimum Gasteiger partial charge on any atom is -0.465 e. The predicted molar refractivity (Wildman–Crippen MR) is 155 cm³/mol. The molecule has 9 heteroatoms. The Morgan fingerprint density at radius 1 is 1.02 bits per heavy atom. The molecule has 0 radical (unpaired) electrons. The van der Waals surface area contributed by atoms with Gasteiger partial charge in [0.05, 0.1) is 26.4 Å². The number of para-hydroxylation sites is 1. The Morgan fingerprint density at radius 3 is 2.22 bits per heavy atom. The lowest BCUT2D eigenvalue weighted by Gasteiger charge is -2.35. The quantitative estimate of drug-likeness (QED) is 0.335. The number of methoxy groups -OCH3 is 1. The molecule has 3 aromatic carbocycles. The Morgan fingerprint density at radius 2 is 1.63 bits per heavy atom. The first-order valence-electron chi connectivity index (χ1n) is 13.3. The molecule has 1 fully saturated rings. The Kier molecular flexibility index (Phi) is 9.97. The zero-order chi connectivity index (χ0) is 29.2. The molecule has 3 aromatic rings. The molecule has 0 bridgehead atoms. The number of carbonyl (C=O) groups is 3. The van der Waals surface area contributed by atoms with Gasteiger partial charge in [-0.1, -0.05) is 84.8 Å². The Balaban J connectivity index is 1.56. The molecule has 3 amide bonds. The molecule has 0 unspecified atom stereocenters. The topological polar surface area (TPSA) is 117 Å². The number of terminal acetylenes is 1. The van der Waals surface area contributed by atoms with Crippen molar-refractivity contribution in [1.82, 2.24) is 10.2 Å². The molecule has 0 saturated carbocycles. The molecule has 41 heavy (non-hydrogen) atoms. The SMILES string of the molecule is C#C[C@@H]1CO[C@H](CCc2ccccc2NC(=O)[C@@H](NC(=O)OC)C(c2ccccc2)c2ccccc2)CN1C(=O)O. The van der Waals surface area contributed by atoms with Crippen molar-refractivity contribution >= 4 is 23.8 Å². The van der Waals surface area contributed by atoms with E-state index in [0.717, 1.165) is 16.7 Å². The molecule has 1 saturated heterocycles. The van der Waals surface area contributed by atoms with Crippen molar-refractivity contribution in [1.29, 1.82) is 0 Å². The van der Waals surface area contributed by atoms with E-state index in [4.69, 9.17) is 15.9 Å². The minimum absolute atomic E-state index is 0.132. The van der Waals surface area contributed by atoms with Crippen LogP contribution in [-0.4, -0.2) is 66.5 Å². The summed E-state index contributed by atoms with van der Waals surface area (Å²) in [6, 6.07) is 24.8. The van der Waals surface area contributed by atoms with Crippen LogP contribution in [0.5, 0.6) is 0 Å². The number of anilines is 1. The lowest BCUT2D eigenvalue weighted by molar-refractivity contribution is -0.118. The average molecular weight is 556 g/mol. The first-order chi connectivity index (χ1) is 19.9. The highest BCUT2D eigenvalue weighted by Crippen LogP contribution is 2.30. The van der Waals surface area contributed by atoms with Crippen molar-refractivity contribution < 1.29 is 29.0 Å². The van der Waals surface area contributed by atoms with E-state index in [1.165, 1.54) is 12.0 Å². The summed E-state index contributed by atoms with van der Waals surface area (Å²) < 4.78 is 10.7. The number of nitrogens with zero attached hydrogens (tertiary/aromatic N) is 1. The maximum atomic E-state index is 13.9. The third-order valence-corrected chi connectivity index (χ3v) is 7.11. The minimum atomic E-state index is -1.08. The standard InChI is InChI=1S/C32H33N3O6/c1-3-25-21-41-26(20-35(25)32(38)39)19-18-22-12-10-11-17-27(22)33-30(36)29(34-31(37)40-2)28(23-13-6-4-7-14-23)24-15-8-5-9-16-24/h1,4-17,25-26,28-29H,18-21H2,2H3,(H,33,36)(H,34,37)(H,38,39)/t25-,26-,29+/m1/s1. The number of alkyl carbamates (subject to hydrolysis) is 1. The van der Waals surface area contributed by atoms with Crippen molar-refractivity contribution in [2.24, 2.45) is 0 Å². The summed E-state index contributed by atoms with van der Waals surface area (Å²) in [5.41, 5.74) is 3.14. The van der Waals surface area contributed by atoms with Gasteiger partial charge in [-0.25, -0.2) is 9.59 Å². The number of rotatable bonds is 9. The second-order valence-corrected chi connectivity index (χ2v) is 9.67. The summed E-state index contributed by atoms with van der Waals surface area (Å²) in [5, 5.41) is 15.3. The number of benzene rings is 3. The third kappa shape index (κ3) is 7.44. The van der Waals surface area contributed by atoms with Gasteiger partial charge in [0.2, 0.25) is 5.91 Å². The van der Waals surface area contributed by atoms with E-state index in [1.54, 1.807) is 6.07 Å². The zero-order valence-electron chi connectivity index (χ0n) is 22.7. The van der Waals surface area contributed by atoms with Crippen molar-refractivity contribution in [2.75, 3.05) is 25.6 Å². The van der Waals surface area contributed by atoms with Crippen molar-refractivity contribution in [3.05, 3.63) is 102 Å². The molecule has 212 valence electrons. The van der Waals surface area contributed by atoms with Crippen LogP contribution in [0.25, 0.3) is 0 Å². The molecular formula is C32H33N3O6. The van der Waals surface area contributed by atoms with Gasteiger partial charge in [-0.15, -0.1) is 6.42 Å². The predicted octanol–water partition coefficient (Wildman–Crippen LogP) is 4.50. The summed E-state index contributed by atoms with van der Waals surface area (Å²) in [6.07, 6.45) is 4.36. The summed E-state index contributed by atoms with van der Waals surface area (Å²) >= 11 is 0. The smallest absolute Gasteiger partial charge is 0.408 e.